The van der Waals surface area contributed by atoms with Gasteiger partial charge < -0.3 is 10.6 Å². The average molecular weight is 357 g/mol. The molecule has 3 nitrogen and oxygen atoms in total. The van der Waals surface area contributed by atoms with Crippen LogP contribution in [0, 0.1) is 5.92 Å². The van der Waals surface area contributed by atoms with Gasteiger partial charge in [0.2, 0.25) is 5.91 Å². The maximum atomic E-state index is 12.7. The summed E-state index contributed by atoms with van der Waals surface area (Å²) in [7, 11) is 0. The van der Waals surface area contributed by atoms with Gasteiger partial charge in [-0.15, -0.1) is 12.4 Å². The van der Waals surface area contributed by atoms with Crippen molar-refractivity contribution in [2.75, 3.05) is 18.4 Å². The number of rotatable bonds is 4. The number of carbonyl (C=O) groups is 1. The number of benzene rings is 1. The number of amides is 1. The third-order valence-corrected chi connectivity index (χ3v) is 3.83. The number of alkyl halides is 3. The molecule has 1 atom stereocenters. The molecule has 1 aromatic rings. The van der Waals surface area contributed by atoms with Crippen molar-refractivity contribution in [3.05, 3.63) is 28.8 Å². The van der Waals surface area contributed by atoms with Crippen LogP contribution in [-0.2, 0) is 11.0 Å². The van der Waals surface area contributed by atoms with E-state index in [4.69, 9.17) is 11.6 Å². The lowest BCUT2D eigenvalue weighted by Gasteiger charge is -2.12. The topological polar surface area (TPSA) is 41.1 Å². The van der Waals surface area contributed by atoms with E-state index in [9.17, 15) is 18.0 Å². The Kier molecular flexibility index (Phi) is 6.97. The molecule has 1 heterocycles. The summed E-state index contributed by atoms with van der Waals surface area (Å²) >= 11 is 5.53. The first kappa shape index (κ1) is 19.1. The van der Waals surface area contributed by atoms with Crippen molar-refractivity contribution in [1.82, 2.24) is 5.32 Å². The zero-order valence-electron chi connectivity index (χ0n) is 11.7. The number of carbonyl (C=O) groups excluding carboxylic acids is 1. The fourth-order valence-electron chi connectivity index (χ4n) is 2.34. The lowest BCUT2D eigenvalue weighted by Crippen LogP contribution is -2.15. The van der Waals surface area contributed by atoms with Gasteiger partial charge in [-0.1, -0.05) is 11.6 Å². The van der Waals surface area contributed by atoms with Crippen LogP contribution in [0.1, 0.15) is 24.8 Å². The molecule has 1 aromatic carbocycles. The molecule has 2 rings (SSSR count). The minimum Gasteiger partial charge on any atom is -0.326 e. The van der Waals surface area contributed by atoms with Crippen LogP contribution in [0.5, 0.6) is 0 Å². The number of hydrogen-bond acceptors (Lipinski definition) is 2. The fourth-order valence-corrected chi connectivity index (χ4v) is 2.56. The summed E-state index contributed by atoms with van der Waals surface area (Å²) in [4.78, 5) is 11.8. The first-order valence-corrected chi connectivity index (χ1v) is 7.11. The van der Waals surface area contributed by atoms with Crippen LogP contribution >= 0.6 is 24.0 Å². The SMILES string of the molecule is Cl.O=C(CCC1CCNC1)Nc1ccc(Cl)c(C(F)(F)F)c1. The summed E-state index contributed by atoms with van der Waals surface area (Å²) in [6.45, 7) is 1.85. The first-order valence-electron chi connectivity index (χ1n) is 6.73. The van der Waals surface area contributed by atoms with Crippen molar-refractivity contribution in [2.45, 2.75) is 25.4 Å². The van der Waals surface area contributed by atoms with Crippen LogP contribution in [0.25, 0.3) is 0 Å². The van der Waals surface area contributed by atoms with E-state index < -0.39 is 11.7 Å². The Morgan fingerprint density at radius 3 is 2.73 bits per heavy atom. The van der Waals surface area contributed by atoms with E-state index in [2.05, 4.69) is 10.6 Å². The van der Waals surface area contributed by atoms with Crippen LogP contribution in [-0.4, -0.2) is 19.0 Å². The van der Waals surface area contributed by atoms with Crippen LogP contribution in [0.15, 0.2) is 18.2 Å². The summed E-state index contributed by atoms with van der Waals surface area (Å²) in [5.41, 5.74) is -0.830. The van der Waals surface area contributed by atoms with Gasteiger partial charge in [-0.3, -0.25) is 4.79 Å². The molecule has 0 radical (unpaired) electrons. The van der Waals surface area contributed by atoms with Crippen molar-refractivity contribution < 1.29 is 18.0 Å². The minimum absolute atomic E-state index is 0. The van der Waals surface area contributed by atoms with Gasteiger partial charge in [0.25, 0.3) is 0 Å². The molecule has 0 bridgehead atoms. The van der Waals surface area contributed by atoms with E-state index in [-0.39, 0.29) is 29.0 Å². The lowest BCUT2D eigenvalue weighted by molar-refractivity contribution is -0.137. The predicted octanol–water partition coefficient (Wildman–Crippen LogP) is 4.11. The summed E-state index contributed by atoms with van der Waals surface area (Å²) in [6, 6.07) is 3.37. The van der Waals surface area contributed by atoms with Crippen molar-refractivity contribution in [1.29, 1.82) is 0 Å². The minimum atomic E-state index is -4.53. The number of nitrogens with one attached hydrogen (secondary N) is 2. The van der Waals surface area contributed by atoms with Gasteiger partial charge in [0, 0.05) is 12.1 Å². The largest absolute Gasteiger partial charge is 0.417 e. The molecule has 1 saturated heterocycles. The van der Waals surface area contributed by atoms with Crippen LogP contribution < -0.4 is 10.6 Å². The Morgan fingerprint density at radius 2 is 2.14 bits per heavy atom. The fraction of sp³-hybridized carbons (Fsp3) is 0.500. The van der Waals surface area contributed by atoms with Gasteiger partial charge in [0.15, 0.2) is 0 Å². The highest BCUT2D eigenvalue weighted by atomic mass is 35.5. The summed E-state index contributed by atoms with van der Waals surface area (Å²) in [6.07, 6.45) is -2.46. The van der Waals surface area contributed by atoms with Gasteiger partial charge in [0.1, 0.15) is 0 Å². The molecular formula is C14H17Cl2F3N2O. The average Bonchev–Trinajstić information content (AvgIpc) is 2.90. The molecule has 2 N–H and O–H groups in total. The molecule has 0 spiro atoms. The number of halogens is 5. The highest BCUT2D eigenvalue weighted by Crippen LogP contribution is 2.36. The first-order chi connectivity index (χ1) is 9.86. The Bertz CT molecular complexity index is 517. The van der Waals surface area contributed by atoms with Crippen LogP contribution in [0.4, 0.5) is 18.9 Å². The molecule has 1 aliphatic heterocycles. The van der Waals surface area contributed by atoms with E-state index >= 15 is 0 Å². The van der Waals surface area contributed by atoms with Gasteiger partial charge in [0.05, 0.1) is 10.6 Å². The molecule has 124 valence electrons. The summed E-state index contributed by atoms with van der Waals surface area (Å²) in [5.74, 6) is 0.184. The molecular weight excluding hydrogens is 340 g/mol. The van der Waals surface area contributed by atoms with E-state index in [0.29, 0.717) is 12.3 Å². The molecule has 1 amide bonds. The normalized spacial score (nSPS) is 17.9. The maximum absolute atomic E-state index is 12.7. The molecule has 0 aromatic heterocycles. The van der Waals surface area contributed by atoms with Crippen molar-refractivity contribution in [3.63, 3.8) is 0 Å². The standard InChI is InChI=1S/C14H16ClF3N2O.ClH/c15-12-3-2-10(7-11(12)14(16,17)18)20-13(21)4-1-9-5-6-19-8-9;/h2-3,7,9,19H,1,4-6,8H2,(H,20,21);1H. The van der Waals surface area contributed by atoms with Crippen molar-refractivity contribution in [2.24, 2.45) is 5.92 Å². The third kappa shape index (κ3) is 5.34. The predicted molar refractivity (Wildman–Crippen MR) is 82.5 cm³/mol. The second kappa shape index (κ2) is 8.04. The smallest absolute Gasteiger partial charge is 0.326 e. The lowest BCUT2D eigenvalue weighted by atomic mass is 10.0. The zero-order valence-corrected chi connectivity index (χ0v) is 13.2. The highest BCUT2D eigenvalue weighted by molar-refractivity contribution is 6.31. The van der Waals surface area contributed by atoms with E-state index in [1.54, 1.807) is 0 Å². The molecule has 8 heteroatoms. The quantitative estimate of drug-likeness (QED) is 0.852. The number of hydrogen-bond donors (Lipinski definition) is 2. The molecule has 0 saturated carbocycles. The third-order valence-electron chi connectivity index (χ3n) is 3.50. The Balaban J connectivity index is 0.00000242. The van der Waals surface area contributed by atoms with Crippen LogP contribution in [0.3, 0.4) is 0 Å². The molecule has 1 unspecified atom stereocenters. The maximum Gasteiger partial charge on any atom is 0.417 e. The monoisotopic (exact) mass is 356 g/mol. The van der Waals surface area contributed by atoms with Crippen molar-refractivity contribution >= 4 is 35.6 Å². The van der Waals surface area contributed by atoms with Crippen LogP contribution in [0.2, 0.25) is 5.02 Å². The van der Waals surface area contributed by atoms with Crippen molar-refractivity contribution in [3.8, 4) is 0 Å². The van der Waals surface area contributed by atoms with E-state index in [1.807, 2.05) is 0 Å². The molecule has 0 aliphatic carbocycles. The Hall–Kier alpha value is -0.980. The Labute approximate surface area is 138 Å². The summed E-state index contributed by atoms with van der Waals surface area (Å²) < 4.78 is 38.1. The van der Waals surface area contributed by atoms with E-state index in [0.717, 1.165) is 38.1 Å². The highest BCUT2D eigenvalue weighted by Gasteiger charge is 2.33. The molecule has 1 aliphatic rings. The number of anilines is 1. The van der Waals surface area contributed by atoms with Gasteiger partial charge >= 0.3 is 6.18 Å². The molecule has 1 fully saturated rings. The zero-order chi connectivity index (χ0) is 15.5. The molecule has 22 heavy (non-hydrogen) atoms. The van der Waals surface area contributed by atoms with Gasteiger partial charge in [-0.25, -0.2) is 0 Å². The van der Waals surface area contributed by atoms with E-state index in [1.165, 1.54) is 6.07 Å². The Morgan fingerprint density at radius 1 is 1.41 bits per heavy atom. The van der Waals surface area contributed by atoms with Gasteiger partial charge in [-0.2, -0.15) is 13.2 Å². The second-order valence-corrected chi connectivity index (χ2v) is 5.55. The summed E-state index contributed by atoms with van der Waals surface area (Å²) in [5, 5.41) is 5.32. The van der Waals surface area contributed by atoms with Gasteiger partial charge in [-0.05, 0) is 50.0 Å². The second-order valence-electron chi connectivity index (χ2n) is 5.14.